The van der Waals surface area contributed by atoms with Gasteiger partial charge in [-0.05, 0) is 31.5 Å². The maximum absolute atomic E-state index is 11.9. The van der Waals surface area contributed by atoms with Gasteiger partial charge in [0.15, 0.2) is 5.11 Å². The first-order chi connectivity index (χ1) is 11.0. The van der Waals surface area contributed by atoms with E-state index in [1.165, 1.54) is 6.42 Å². The molecule has 3 amide bonds. The van der Waals surface area contributed by atoms with E-state index in [1.807, 2.05) is 6.92 Å². The number of carbonyl (C=O) groups excluding carboxylic acids is 3. The molecule has 0 aromatic heterocycles. The normalized spacial score (nSPS) is 14.7. The molecule has 23 heavy (non-hydrogen) atoms. The lowest BCUT2D eigenvalue weighted by Crippen LogP contribution is -2.51. The lowest BCUT2D eigenvalue weighted by Gasteiger charge is -2.20. The van der Waals surface area contributed by atoms with Crippen molar-refractivity contribution in [2.45, 2.75) is 58.3 Å². The number of unbranched alkanes of at least 4 members (excludes halogenated alkanes) is 1. The van der Waals surface area contributed by atoms with Gasteiger partial charge in [-0.25, -0.2) is 0 Å². The van der Waals surface area contributed by atoms with Crippen LogP contribution in [0.4, 0.5) is 0 Å². The average Bonchev–Trinajstić information content (AvgIpc) is 2.56. The first-order valence-electron chi connectivity index (χ1n) is 8.19. The fourth-order valence-electron chi connectivity index (χ4n) is 2.40. The molecule has 0 aromatic rings. The van der Waals surface area contributed by atoms with Crippen LogP contribution >= 0.6 is 12.2 Å². The summed E-state index contributed by atoms with van der Waals surface area (Å²) in [6.07, 6.45) is 7.19. The van der Waals surface area contributed by atoms with E-state index in [2.05, 4.69) is 21.5 Å². The van der Waals surface area contributed by atoms with Crippen LogP contribution in [-0.2, 0) is 14.4 Å². The Morgan fingerprint density at radius 1 is 1.04 bits per heavy atom. The summed E-state index contributed by atoms with van der Waals surface area (Å²) in [7, 11) is 0. The first kappa shape index (κ1) is 19.3. The van der Waals surface area contributed by atoms with E-state index in [1.54, 1.807) is 0 Å². The van der Waals surface area contributed by atoms with Crippen LogP contribution in [0.25, 0.3) is 0 Å². The minimum atomic E-state index is -0.417. The van der Waals surface area contributed by atoms with Crippen molar-refractivity contribution in [1.29, 1.82) is 0 Å². The van der Waals surface area contributed by atoms with Gasteiger partial charge in [0.05, 0.1) is 6.54 Å². The van der Waals surface area contributed by atoms with E-state index in [0.717, 1.165) is 38.5 Å². The SMILES string of the molecule is CCCCC(=O)NC(=S)NNC(=O)CNC(=O)C1CCCCC1. The van der Waals surface area contributed by atoms with Crippen LogP contribution in [-0.4, -0.2) is 29.4 Å². The summed E-state index contributed by atoms with van der Waals surface area (Å²) in [5.74, 6) is -0.665. The molecule has 7 nitrogen and oxygen atoms in total. The van der Waals surface area contributed by atoms with Crippen LogP contribution < -0.4 is 21.5 Å². The molecule has 4 N–H and O–H groups in total. The van der Waals surface area contributed by atoms with Crippen LogP contribution in [0, 0.1) is 5.92 Å². The van der Waals surface area contributed by atoms with E-state index in [4.69, 9.17) is 12.2 Å². The van der Waals surface area contributed by atoms with Crippen molar-refractivity contribution < 1.29 is 14.4 Å². The summed E-state index contributed by atoms with van der Waals surface area (Å²) in [5, 5.41) is 5.13. The van der Waals surface area contributed by atoms with Gasteiger partial charge in [0, 0.05) is 12.3 Å². The molecule has 0 aromatic carbocycles. The summed E-state index contributed by atoms with van der Waals surface area (Å²) in [6, 6.07) is 0. The Bertz CT molecular complexity index is 436. The van der Waals surface area contributed by atoms with E-state index in [0.29, 0.717) is 6.42 Å². The van der Waals surface area contributed by atoms with Gasteiger partial charge in [0.1, 0.15) is 0 Å². The van der Waals surface area contributed by atoms with Crippen LogP contribution in [0.15, 0.2) is 0 Å². The lowest BCUT2D eigenvalue weighted by molar-refractivity contribution is -0.129. The molecule has 0 heterocycles. The smallest absolute Gasteiger partial charge is 0.257 e. The molecular formula is C15H26N4O3S. The van der Waals surface area contributed by atoms with Gasteiger partial charge in [0.25, 0.3) is 5.91 Å². The molecule has 1 aliphatic carbocycles. The number of thiocarbonyl (C=S) groups is 1. The molecule has 0 radical (unpaired) electrons. The summed E-state index contributed by atoms with van der Waals surface area (Å²) in [4.78, 5) is 35.0. The highest BCUT2D eigenvalue weighted by atomic mass is 32.1. The lowest BCUT2D eigenvalue weighted by atomic mass is 9.89. The molecule has 130 valence electrons. The van der Waals surface area contributed by atoms with Crippen LogP contribution in [0.1, 0.15) is 58.3 Å². The maximum Gasteiger partial charge on any atom is 0.257 e. The molecular weight excluding hydrogens is 316 g/mol. The molecule has 0 atom stereocenters. The number of carbonyl (C=O) groups is 3. The highest BCUT2D eigenvalue weighted by Crippen LogP contribution is 2.23. The van der Waals surface area contributed by atoms with Crippen LogP contribution in [0.2, 0.25) is 0 Å². The Labute approximate surface area is 142 Å². The highest BCUT2D eigenvalue weighted by Gasteiger charge is 2.21. The number of hydrogen-bond acceptors (Lipinski definition) is 4. The quantitative estimate of drug-likeness (QED) is 0.424. The van der Waals surface area contributed by atoms with Crippen molar-refractivity contribution in [1.82, 2.24) is 21.5 Å². The highest BCUT2D eigenvalue weighted by molar-refractivity contribution is 7.80. The van der Waals surface area contributed by atoms with Crippen molar-refractivity contribution in [3.05, 3.63) is 0 Å². The Balaban J connectivity index is 2.14. The van der Waals surface area contributed by atoms with Gasteiger partial charge in [-0.1, -0.05) is 32.6 Å². The second kappa shape index (κ2) is 10.9. The summed E-state index contributed by atoms with van der Waals surface area (Å²) in [5.41, 5.74) is 4.78. The van der Waals surface area contributed by atoms with Crippen molar-refractivity contribution in [3.63, 3.8) is 0 Å². The molecule has 0 aliphatic heterocycles. The summed E-state index contributed by atoms with van der Waals surface area (Å²) >= 11 is 4.89. The number of nitrogens with one attached hydrogen (secondary N) is 4. The van der Waals surface area contributed by atoms with E-state index in [-0.39, 0.29) is 29.4 Å². The van der Waals surface area contributed by atoms with Gasteiger partial charge < -0.3 is 10.6 Å². The van der Waals surface area contributed by atoms with Crippen LogP contribution in [0.5, 0.6) is 0 Å². The van der Waals surface area contributed by atoms with Crippen LogP contribution in [0.3, 0.4) is 0 Å². The van der Waals surface area contributed by atoms with Crippen molar-refractivity contribution >= 4 is 35.1 Å². The predicted octanol–water partition coefficient (Wildman–Crippen LogP) is 0.895. The fraction of sp³-hybridized carbons (Fsp3) is 0.733. The van der Waals surface area contributed by atoms with E-state index in [9.17, 15) is 14.4 Å². The molecule has 8 heteroatoms. The number of rotatable bonds is 6. The molecule has 0 bridgehead atoms. The Morgan fingerprint density at radius 2 is 1.74 bits per heavy atom. The van der Waals surface area contributed by atoms with Crippen molar-refractivity contribution in [2.75, 3.05) is 6.54 Å². The van der Waals surface area contributed by atoms with Gasteiger partial charge in [0.2, 0.25) is 11.8 Å². The minimum absolute atomic E-state index is 0.0171. The van der Waals surface area contributed by atoms with E-state index >= 15 is 0 Å². The second-order valence-electron chi connectivity index (χ2n) is 5.71. The Morgan fingerprint density at radius 3 is 2.39 bits per heavy atom. The molecule has 1 saturated carbocycles. The zero-order valence-corrected chi connectivity index (χ0v) is 14.4. The fourth-order valence-corrected chi connectivity index (χ4v) is 2.57. The molecule has 0 spiro atoms. The third kappa shape index (κ3) is 8.49. The predicted molar refractivity (Wildman–Crippen MR) is 91.1 cm³/mol. The standard InChI is InChI=1S/C15H26N4O3S/c1-2-3-9-12(20)17-15(23)19-18-13(21)10-16-14(22)11-7-5-4-6-8-11/h11H,2-10H2,1H3,(H,16,22)(H,18,21)(H2,17,19,20,23). The number of hydrogen-bond donors (Lipinski definition) is 4. The molecule has 0 saturated heterocycles. The van der Waals surface area contributed by atoms with Gasteiger partial charge in [-0.2, -0.15) is 0 Å². The topological polar surface area (TPSA) is 99.3 Å². The zero-order chi connectivity index (χ0) is 17.1. The number of amides is 3. The monoisotopic (exact) mass is 342 g/mol. The first-order valence-corrected chi connectivity index (χ1v) is 8.60. The maximum atomic E-state index is 11.9. The summed E-state index contributed by atoms with van der Waals surface area (Å²) in [6.45, 7) is 1.88. The Kier molecular flexibility index (Phi) is 9.20. The number of hydrazine groups is 1. The Hall–Kier alpha value is -1.70. The molecule has 1 aliphatic rings. The average molecular weight is 342 g/mol. The molecule has 1 rings (SSSR count). The van der Waals surface area contributed by atoms with Gasteiger partial charge in [-0.3, -0.25) is 25.2 Å². The van der Waals surface area contributed by atoms with Gasteiger partial charge >= 0.3 is 0 Å². The molecule has 0 unspecified atom stereocenters. The third-order valence-corrected chi connectivity index (χ3v) is 3.93. The third-order valence-electron chi connectivity index (χ3n) is 3.72. The van der Waals surface area contributed by atoms with Gasteiger partial charge in [-0.15, -0.1) is 0 Å². The van der Waals surface area contributed by atoms with Crippen molar-refractivity contribution in [2.24, 2.45) is 5.92 Å². The van der Waals surface area contributed by atoms with Crippen molar-refractivity contribution in [3.8, 4) is 0 Å². The summed E-state index contributed by atoms with van der Waals surface area (Å²) < 4.78 is 0. The second-order valence-corrected chi connectivity index (χ2v) is 6.12. The van der Waals surface area contributed by atoms with E-state index < -0.39 is 5.91 Å². The minimum Gasteiger partial charge on any atom is -0.347 e. The zero-order valence-electron chi connectivity index (χ0n) is 13.6. The molecule has 1 fully saturated rings. The largest absolute Gasteiger partial charge is 0.347 e.